The molecule has 2 N–H and O–H groups in total. The summed E-state index contributed by atoms with van der Waals surface area (Å²) in [7, 11) is 3.29. The number of carbonyl (C=O) groups is 1. The highest BCUT2D eigenvalue weighted by atomic mass is 16.5. The van der Waals surface area contributed by atoms with E-state index in [0.29, 0.717) is 6.54 Å². The Hall–Kier alpha value is -1.55. The summed E-state index contributed by atoms with van der Waals surface area (Å²) in [4.78, 5) is 10.9. The second kappa shape index (κ2) is 6.85. The van der Waals surface area contributed by atoms with Crippen LogP contribution in [-0.4, -0.2) is 33.2 Å². The summed E-state index contributed by atoms with van der Waals surface area (Å²) in [6, 6.07) is 7.89. The number of para-hydroxylation sites is 1. The van der Waals surface area contributed by atoms with E-state index in [1.54, 1.807) is 14.2 Å². The van der Waals surface area contributed by atoms with Crippen LogP contribution in [0.1, 0.15) is 5.56 Å². The lowest BCUT2D eigenvalue weighted by molar-refractivity contribution is -0.119. The number of hydrogen-bond donors (Lipinski definition) is 2. The van der Waals surface area contributed by atoms with E-state index in [1.807, 2.05) is 24.3 Å². The van der Waals surface area contributed by atoms with E-state index in [-0.39, 0.29) is 5.91 Å². The zero-order valence-corrected chi connectivity index (χ0v) is 9.75. The number of nitrogens with one attached hydrogen (secondary N) is 2. The van der Waals surface area contributed by atoms with Crippen LogP contribution in [0.15, 0.2) is 24.3 Å². The first-order valence-electron chi connectivity index (χ1n) is 5.31. The van der Waals surface area contributed by atoms with Gasteiger partial charge in [-0.3, -0.25) is 4.79 Å². The smallest absolute Gasteiger partial charge is 0.233 e. The molecule has 4 nitrogen and oxygen atoms in total. The first-order chi connectivity index (χ1) is 7.77. The van der Waals surface area contributed by atoms with Crippen LogP contribution in [0.5, 0.6) is 5.75 Å². The van der Waals surface area contributed by atoms with Crippen LogP contribution in [0.25, 0.3) is 0 Å². The maximum absolute atomic E-state index is 10.9. The van der Waals surface area contributed by atoms with Gasteiger partial charge in [-0.15, -0.1) is 0 Å². The Bertz CT molecular complexity index is 340. The summed E-state index contributed by atoms with van der Waals surface area (Å²) >= 11 is 0. The molecular weight excluding hydrogens is 204 g/mol. The molecule has 1 amide bonds. The molecule has 0 saturated carbocycles. The predicted molar refractivity (Wildman–Crippen MR) is 63.6 cm³/mol. The summed E-state index contributed by atoms with van der Waals surface area (Å²) in [6.07, 6.45) is 0.848. The van der Waals surface area contributed by atoms with Crippen LogP contribution >= 0.6 is 0 Å². The van der Waals surface area contributed by atoms with Crippen molar-refractivity contribution in [3.63, 3.8) is 0 Å². The first-order valence-corrected chi connectivity index (χ1v) is 5.31. The van der Waals surface area contributed by atoms with Gasteiger partial charge in [0.2, 0.25) is 5.91 Å². The summed E-state index contributed by atoms with van der Waals surface area (Å²) in [5, 5.41) is 5.63. The van der Waals surface area contributed by atoms with Crippen molar-refractivity contribution in [2.75, 3.05) is 27.2 Å². The van der Waals surface area contributed by atoms with Crippen molar-refractivity contribution in [1.29, 1.82) is 0 Å². The number of likely N-dealkylation sites (N-methyl/N-ethyl adjacent to an activating group) is 1. The Morgan fingerprint density at radius 3 is 2.81 bits per heavy atom. The van der Waals surface area contributed by atoms with Gasteiger partial charge < -0.3 is 15.4 Å². The summed E-state index contributed by atoms with van der Waals surface area (Å²) in [6.45, 7) is 1.11. The minimum absolute atomic E-state index is 0.0000247. The normalized spacial score (nSPS) is 9.88. The van der Waals surface area contributed by atoms with Crippen molar-refractivity contribution in [2.45, 2.75) is 6.42 Å². The number of methoxy groups -OCH3 is 1. The molecule has 4 heteroatoms. The second-order valence-electron chi connectivity index (χ2n) is 3.41. The van der Waals surface area contributed by atoms with E-state index in [0.717, 1.165) is 24.3 Å². The Kier molecular flexibility index (Phi) is 5.36. The van der Waals surface area contributed by atoms with Gasteiger partial charge in [0.25, 0.3) is 0 Å². The lowest BCUT2D eigenvalue weighted by Crippen LogP contribution is -2.32. The number of amides is 1. The van der Waals surface area contributed by atoms with E-state index in [4.69, 9.17) is 4.74 Å². The topological polar surface area (TPSA) is 50.4 Å². The van der Waals surface area contributed by atoms with E-state index in [2.05, 4.69) is 10.6 Å². The summed E-state index contributed by atoms with van der Waals surface area (Å²) in [5.74, 6) is 0.893. The van der Waals surface area contributed by atoms with Crippen LogP contribution in [0.3, 0.4) is 0 Å². The van der Waals surface area contributed by atoms with Gasteiger partial charge in [0.1, 0.15) is 5.75 Å². The van der Waals surface area contributed by atoms with Gasteiger partial charge in [-0.2, -0.15) is 0 Å². The standard InChI is InChI=1S/C12H18N2O2/c1-13-12(15)9-14-8-7-10-5-3-4-6-11(10)16-2/h3-6,14H,7-9H2,1-2H3,(H,13,15). The van der Waals surface area contributed by atoms with E-state index < -0.39 is 0 Å². The zero-order valence-electron chi connectivity index (χ0n) is 9.75. The highest BCUT2D eigenvalue weighted by Gasteiger charge is 2.01. The van der Waals surface area contributed by atoms with E-state index in [1.165, 1.54) is 0 Å². The number of benzene rings is 1. The van der Waals surface area contributed by atoms with Crippen molar-refractivity contribution >= 4 is 5.91 Å². The minimum atomic E-state index is 0.0000247. The molecule has 0 unspecified atom stereocenters. The van der Waals surface area contributed by atoms with Crippen molar-refractivity contribution in [3.8, 4) is 5.75 Å². The maximum Gasteiger partial charge on any atom is 0.233 e. The Balaban J connectivity index is 2.34. The monoisotopic (exact) mass is 222 g/mol. The highest BCUT2D eigenvalue weighted by Crippen LogP contribution is 2.16. The van der Waals surface area contributed by atoms with E-state index in [9.17, 15) is 4.79 Å². The van der Waals surface area contributed by atoms with Gasteiger partial charge >= 0.3 is 0 Å². The van der Waals surface area contributed by atoms with Gasteiger partial charge in [0.05, 0.1) is 13.7 Å². The fourth-order valence-electron chi connectivity index (χ4n) is 1.42. The van der Waals surface area contributed by atoms with Gasteiger partial charge in [0, 0.05) is 7.05 Å². The van der Waals surface area contributed by atoms with Crippen molar-refractivity contribution in [2.24, 2.45) is 0 Å². The van der Waals surface area contributed by atoms with Crippen molar-refractivity contribution < 1.29 is 9.53 Å². The fraction of sp³-hybridized carbons (Fsp3) is 0.417. The third-order valence-corrected chi connectivity index (χ3v) is 2.33. The molecule has 88 valence electrons. The molecule has 1 aromatic rings. The molecule has 0 saturated heterocycles. The Labute approximate surface area is 96.0 Å². The first kappa shape index (κ1) is 12.5. The number of rotatable bonds is 6. The molecule has 0 spiro atoms. The van der Waals surface area contributed by atoms with Crippen LogP contribution in [0.4, 0.5) is 0 Å². The lowest BCUT2D eigenvalue weighted by Gasteiger charge is -2.08. The third-order valence-electron chi connectivity index (χ3n) is 2.33. The average molecular weight is 222 g/mol. The maximum atomic E-state index is 10.9. The van der Waals surface area contributed by atoms with Gasteiger partial charge in [0.15, 0.2) is 0 Å². The number of hydrogen-bond acceptors (Lipinski definition) is 3. The predicted octanol–water partition coefficient (Wildman–Crippen LogP) is 0.573. The zero-order chi connectivity index (χ0) is 11.8. The molecule has 0 fully saturated rings. The Morgan fingerprint density at radius 2 is 2.12 bits per heavy atom. The van der Waals surface area contributed by atoms with Gasteiger partial charge in [-0.25, -0.2) is 0 Å². The van der Waals surface area contributed by atoms with Crippen LogP contribution in [0.2, 0.25) is 0 Å². The molecule has 1 aromatic carbocycles. The quantitative estimate of drug-likeness (QED) is 0.692. The minimum Gasteiger partial charge on any atom is -0.496 e. The van der Waals surface area contributed by atoms with Crippen LogP contribution < -0.4 is 15.4 Å². The molecule has 0 heterocycles. The molecule has 0 atom stereocenters. The molecule has 0 bridgehead atoms. The second-order valence-corrected chi connectivity index (χ2v) is 3.41. The number of ether oxygens (including phenoxy) is 1. The van der Waals surface area contributed by atoms with Crippen molar-refractivity contribution in [1.82, 2.24) is 10.6 Å². The Morgan fingerprint density at radius 1 is 1.38 bits per heavy atom. The molecule has 16 heavy (non-hydrogen) atoms. The molecule has 0 aromatic heterocycles. The lowest BCUT2D eigenvalue weighted by atomic mass is 10.1. The summed E-state index contributed by atoms with van der Waals surface area (Å²) < 4.78 is 5.24. The molecule has 0 aliphatic heterocycles. The average Bonchev–Trinajstić information content (AvgIpc) is 2.34. The molecular formula is C12H18N2O2. The SMILES string of the molecule is CNC(=O)CNCCc1ccccc1OC. The molecule has 1 rings (SSSR count). The molecule has 0 radical (unpaired) electrons. The largest absolute Gasteiger partial charge is 0.496 e. The van der Waals surface area contributed by atoms with Crippen LogP contribution in [-0.2, 0) is 11.2 Å². The fourth-order valence-corrected chi connectivity index (χ4v) is 1.42. The molecule has 0 aliphatic carbocycles. The molecule has 0 aliphatic rings. The third kappa shape index (κ3) is 3.90. The highest BCUT2D eigenvalue weighted by molar-refractivity contribution is 5.77. The number of carbonyl (C=O) groups excluding carboxylic acids is 1. The van der Waals surface area contributed by atoms with E-state index >= 15 is 0 Å². The summed E-state index contributed by atoms with van der Waals surface area (Å²) in [5.41, 5.74) is 1.15. The van der Waals surface area contributed by atoms with Crippen LogP contribution in [0, 0.1) is 0 Å². The van der Waals surface area contributed by atoms with Gasteiger partial charge in [-0.05, 0) is 24.6 Å². The van der Waals surface area contributed by atoms with Gasteiger partial charge in [-0.1, -0.05) is 18.2 Å². The van der Waals surface area contributed by atoms with Crippen molar-refractivity contribution in [3.05, 3.63) is 29.8 Å².